The molecule has 6 N–H and O–H groups in total. The van der Waals surface area contributed by atoms with Crippen LogP contribution >= 0.6 is 0 Å². The van der Waals surface area contributed by atoms with E-state index in [0.29, 0.717) is 33.5 Å². The second kappa shape index (κ2) is 17.8. The van der Waals surface area contributed by atoms with Crippen molar-refractivity contribution in [1.82, 2.24) is 28.7 Å². The van der Waals surface area contributed by atoms with Crippen LogP contribution in [0.1, 0.15) is 48.4 Å². The molecule has 0 bridgehead atoms. The average molecular weight is 865 g/mol. The van der Waals surface area contributed by atoms with Crippen LogP contribution in [0, 0.1) is 50.3 Å². The van der Waals surface area contributed by atoms with Crippen LogP contribution in [-0.4, -0.2) is 28.7 Å². The summed E-state index contributed by atoms with van der Waals surface area (Å²) in [5, 5.41) is 6.20. The topological polar surface area (TPSA) is 179 Å². The Kier molecular flexibility index (Phi) is 12.1. The maximum Gasteiger partial charge on any atom is 0.268 e. The fraction of sp³-hybridized carbons (Fsp3) is 0.130. The molecular weight excluding hydrogens is 829 g/mol. The minimum Gasteiger partial charge on any atom is -0.392 e. The van der Waals surface area contributed by atoms with Crippen molar-refractivity contribution in [3.8, 4) is 22.3 Å². The van der Waals surface area contributed by atoms with E-state index < -0.39 is 35.4 Å². The van der Waals surface area contributed by atoms with Gasteiger partial charge in [0.15, 0.2) is 23.3 Å². The summed E-state index contributed by atoms with van der Waals surface area (Å²) in [4.78, 5) is 49.6. The lowest BCUT2D eigenvalue weighted by atomic mass is 9.96. The summed E-state index contributed by atoms with van der Waals surface area (Å²) in [6.07, 6.45) is 2.46. The van der Waals surface area contributed by atoms with E-state index in [1.807, 2.05) is 12.1 Å². The summed E-state index contributed by atoms with van der Waals surface area (Å²) in [6.45, 7) is 21.8. The monoisotopic (exact) mass is 864 g/mol. The van der Waals surface area contributed by atoms with Crippen molar-refractivity contribution >= 4 is 45.7 Å². The number of rotatable bonds is 8. The molecule has 8 rings (SSSR count). The van der Waals surface area contributed by atoms with Crippen LogP contribution in [-0.2, 0) is 0 Å². The molecular formula is C46H36F4N12O2. The van der Waals surface area contributed by atoms with E-state index in [1.165, 1.54) is 33.6 Å². The van der Waals surface area contributed by atoms with Gasteiger partial charge in [-0.25, -0.2) is 47.2 Å². The van der Waals surface area contributed by atoms with Crippen molar-refractivity contribution in [2.45, 2.75) is 39.8 Å². The Morgan fingerprint density at radius 1 is 0.578 bits per heavy atom. The lowest BCUT2D eigenvalue weighted by Gasteiger charge is -2.21. The van der Waals surface area contributed by atoms with Crippen LogP contribution in [0.2, 0.25) is 0 Å². The second-order valence-corrected chi connectivity index (χ2v) is 14.5. The molecule has 18 heteroatoms. The third kappa shape index (κ3) is 8.23. The van der Waals surface area contributed by atoms with Gasteiger partial charge in [0.25, 0.3) is 22.5 Å². The van der Waals surface area contributed by atoms with Gasteiger partial charge in [-0.15, -0.1) is 0 Å². The summed E-state index contributed by atoms with van der Waals surface area (Å²) < 4.78 is 58.3. The first-order valence-electron chi connectivity index (χ1n) is 19.3. The Morgan fingerprint density at radius 2 is 0.969 bits per heavy atom. The van der Waals surface area contributed by atoms with Crippen molar-refractivity contribution in [3.05, 3.63) is 187 Å². The maximum atomic E-state index is 14.0. The fourth-order valence-corrected chi connectivity index (χ4v) is 7.34. The van der Waals surface area contributed by atoms with Gasteiger partial charge in [-0.2, -0.15) is 0 Å². The molecule has 2 aromatic carbocycles. The molecule has 0 unspecified atom stereocenters. The number of aromatic nitrogens is 6. The molecule has 0 aliphatic rings. The number of benzene rings is 2. The summed E-state index contributed by atoms with van der Waals surface area (Å²) in [6, 6.07) is 20.0. The molecule has 0 fully saturated rings. The third-order valence-electron chi connectivity index (χ3n) is 10.4. The molecule has 0 radical (unpaired) electrons. The van der Waals surface area contributed by atoms with E-state index in [9.17, 15) is 27.2 Å². The molecule has 0 amide bonds. The number of fused-ring (bicyclic) bond motifs is 2. The Balaban J connectivity index is 0.000000191. The number of anilines is 4. The maximum absolute atomic E-state index is 14.0. The standard InChI is InChI=1S/2C23H18F2N6O/c2*1-12-5-4-6-15-10-16(13(2)30-22-20(27-3)21(26)28-11-29-22)19(23(32)31(12)15)14-7-8-17(24)18(25)9-14/h2*4-11,13H,1-2H3,(H3,26,28,29,30)/t2*13-/m10/s1. The number of nitrogens with two attached hydrogens (primary N) is 2. The van der Waals surface area contributed by atoms with Crippen molar-refractivity contribution in [2.24, 2.45) is 0 Å². The van der Waals surface area contributed by atoms with E-state index in [4.69, 9.17) is 24.6 Å². The number of hydrogen-bond donors (Lipinski definition) is 4. The van der Waals surface area contributed by atoms with Crippen molar-refractivity contribution in [1.29, 1.82) is 0 Å². The summed E-state index contributed by atoms with van der Waals surface area (Å²) in [5.74, 6) is -3.64. The quantitative estimate of drug-likeness (QED) is 0.0850. The molecule has 14 nitrogen and oxygen atoms in total. The first-order chi connectivity index (χ1) is 30.6. The number of hydrogen-bond acceptors (Lipinski definition) is 10. The molecule has 0 spiro atoms. The van der Waals surface area contributed by atoms with Gasteiger partial charge in [-0.05, 0) is 111 Å². The van der Waals surface area contributed by atoms with Gasteiger partial charge in [0.05, 0.1) is 24.3 Å². The van der Waals surface area contributed by atoms with Gasteiger partial charge in [0, 0.05) is 34.5 Å². The normalized spacial score (nSPS) is 11.8. The van der Waals surface area contributed by atoms with Crippen LogP contribution in [0.15, 0.2) is 107 Å². The largest absolute Gasteiger partial charge is 0.392 e. The van der Waals surface area contributed by atoms with E-state index in [-0.39, 0.29) is 68.0 Å². The minimum atomic E-state index is -1.05. The summed E-state index contributed by atoms with van der Waals surface area (Å²) in [7, 11) is 0. The number of nitrogens with one attached hydrogen (secondary N) is 2. The van der Waals surface area contributed by atoms with E-state index in [1.54, 1.807) is 64.1 Å². The Labute approximate surface area is 362 Å². The molecule has 64 heavy (non-hydrogen) atoms. The zero-order valence-electron chi connectivity index (χ0n) is 34.5. The van der Waals surface area contributed by atoms with Crippen molar-refractivity contribution in [2.75, 3.05) is 22.1 Å². The molecule has 320 valence electrons. The van der Waals surface area contributed by atoms with E-state index in [0.717, 1.165) is 24.3 Å². The zero-order valence-corrected chi connectivity index (χ0v) is 34.5. The first-order valence-corrected chi connectivity index (χ1v) is 19.3. The first kappa shape index (κ1) is 43.4. The van der Waals surface area contributed by atoms with Gasteiger partial charge in [-0.1, -0.05) is 24.3 Å². The highest BCUT2D eigenvalue weighted by atomic mass is 19.2. The van der Waals surface area contributed by atoms with Crippen molar-refractivity contribution in [3.63, 3.8) is 0 Å². The molecule has 0 aliphatic heterocycles. The lowest BCUT2D eigenvalue weighted by Crippen LogP contribution is -2.22. The van der Waals surface area contributed by atoms with Gasteiger partial charge in [-0.3, -0.25) is 18.4 Å². The van der Waals surface area contributed by atoms with Gasteiger partial charge >= 0.3 is 0 Å². The Bertz CT molecular complexity index is 3140. The number of pyridine rings is 4. The molecule has 0 aliphatic carbocycles. The minimum absolute atomic E-state index is 0.0275. The molecule has 6 heterocycles. The van der Waals surface area contributed by atoms with E-state index >= 15 is 0 Å². The van der Waals surface area contributed by atoms with Crippen LogP contribution in [0.5, 0.6) is 0 Å². The predicted octanol–water partition coefficient (Wildman–Crippen LogP) is 9.30. The number of nitrogens with zero attached hydrogens (tertiary/aromatic N) is 8. The summed E-state index contributed by atoms with van der Waals surface area (Å²) in [5.41, 5.74) is 15.5. The van der Waals surface area contributed by atoms with Gasteiger partial charge < -0.3 is 22.1 Å². The highest BCUT2D eigenvalue weighted by molar-refractivity contribution is 5.79. The van der Waals surface area contributed by atoms with Crippen LogP contribution in [0.3, 0.4) is 0 Å². The second-order valence-electron chi connectivity index (χ2n) is 14.5. The van der Waals surface area contributed by atoms with E-state index in [2.05, 4.69) is 40.3 Å². The predicted molar refractivity (Wildman–Crippen MR) is 237 cm³/mol. The van der Waals surface area contributed by atoms with Crippen LogP contribution in [0.4, 0.5) is 52.2 Å². The molecule has 0 saturated carbocycles. The van der Waals surface area contributed by atoms with Gasteiger partial charge in [0.1, 0.15) is 35.9 Å². The highest BCUT2D eigenvalue weighted by Crippen LogP contribution is 2.36. The van der Waals surface area contributed by atoms with Crippen LogP contribution < -0.4 is 33.2 Å². The SMILES string of the molecule is [C-]#[N+]c1c(N)ncnc1N[C@@H](C)c1cc2cccc(C)n2c(=O)c1-c1ccc(F)c(F)c1.[C-]#[N+]c1c(N)ncnc1N[C@H](C)c1cc2cccc(C)n2c(=O)c1-c1ccc(F)c(F)c1. The fourth-order valence-electron chi connectivity index (χ4n) is 7.34. The number of nitrogen functional groups attached to an aromatic ring is 2. The third-order valence-corrected chi connectivity index (χ3v) is 10.4. The van der Waals surface area contributed by atoms with Crippen molar-refractivity contribution < 1.29 is 17.6 Å². The van der Waals surface area contributed by atoms with Gasteiger partial charge in [0.2, 0.25) is 0 Å². The molecule has 0 saturated heterocycles. The Hall–Kier alpha value is -8.64. The zero-order chi connectivity index (χ0) is 46.0. The highest BCUT2D eigenvalue weighted by Gasteiger charge is 2.23. The Morgan fingerprint density at radius 3 is 1.33 bits per heavy atom. The smallest absolute Gasteiger partial charge is 0.268 e. The lowest BCUT2D eigenvalue weighted by molar-refractivity contribution is 0.509. The molecule has 8 aromatic rings. The number of aryl methyl sites for hydroxylation is 2. The number of halogens is 4. The summed E-state index contributed by atoms with van der Waals surface area (Å²) >= 11 is 0. The van der Waals surface area contributed by atoms with Crippen LogP contribution in [0.25, 0.3) is 43.0 Å². The molecule has 2 atom stereocenters. The molecule has 6 aromatic heterocycles. The average Bonchev–Trinajstić information content (AvgIpc) is 3.26.